The predicted molar refractivity (Wildman–Crippen MR) is 59.8 cm³/mol. The Labute approximate surface area is 90.3 Å². The zero-order valence-electron chi connectivity index (χ0n) is 9.23. The molecule has 2 rings (SSSR count). The molecule has 0 saturated heterocycles. The molecule has 0 aliphatic carbocycles. The lowest BCUT2D eigenvalue weighted by Gasteiger charge is -2.24. The molecule has 0 saturated carbocycles. The molecule has 1 aliphatic rings. The number of rotatable bonds is 0. The van der Waals surface area contributed by atoms with Crippen molar-refractivity contribution in [1.29, 1.82) is 0 Å². The lowest BCUT2D eigenvalue weighted by molar-refractivity contribution is -0.134. The molecule has 1 aromatic rings. The van der Waals surface area contributed by atoms with E-state index in [-0.39, 0.29) is 0 Å². The molecule has 0 spiro atoms. The van der Waals surface area contributed by atoms with E-state index in [0.29, 0.717) is 0 Å². The molecule has 0 amide bonds. The van der Waals surface area contributed by atoms with Crippen LogP contribution >= 0.6 is 0 Å². The molecule has 1 aromatic carbocycles. The maximum absolute atomic E-state index is 9.00. The van der Waals surface area contributed by atoms with Gasteiger partial charge in [0.15, 0.2) is 0 Å². The number of aliphatic carboxylic acids is 1. The molecule has 1 heterocycles. The van der Waals surface area contributed by atoms with Gasteiger partial charge in [0.25, 0.3) is 5.97 Å². The van der Waals surface area contributed by atoms with E-state index in [2.05, 4.69) is 36.2 Å². The highest BCUT2D eigenvalue weighted by molar-refractivity contribution is 5.62. The molecule has 0 unspecified atom stereocenters. The number of benzene rings is 1. The zero-order chi connectivity index (χ0) is 11.3. The van der Waals surface area contributed by atoms with E-state index in [0.717, 1.165) is 13.5 Å². The van der Waals surface area contributed by atoms with Crippen molar-refractivity contribution in [2.24, 2.45) is 0 Å². The van der Waals surface area contributed by atoms with Crippen LogP contribution < -0.4 is 0 Å². The Bertz CT molecular complexity index is 332. The van der Waals surface area contributed by atoms with E-state index in [1.807, 2.05) is 0 Å². The third kappa shape index (κ3) is 4.13. The summed E-state index contributed by atoms with van der Waals surface area (Å²) in [5, 5.41) is 7.42. The van der Waals surface area contributed by atoms with Crippen LogP contribution in [0.2, 0.25) is 0 Å². The molecule has 0 fully saturated rings. The fraction of sp³-hybridized carbons (Fsp3) is 0.417. The van der Waals surface area contributed by atoms with Crippen LogP contribution in [0.15, 0.2) is 24.3 Å². The molecule has 1 aliphatic heterocycles. The van der Waals surface area contributed by atoms with Gasteiger partial charge in [-0.2, -0.15) is 0 Å². The van der Waals surface area contributed by atoms with E-state index in [9.17, 15) is 0 Å². The van der Waals surface area contributed by atoms with Crippen molar-refractivity contribution < 1.29 is 9.90 Å². The van der Waals surface area contributed by atoms with Crippen LogP contribution in [0.5, 0.6) is 0 Å². The smallest absolute Gasteiger partial charge is 0.300 e. The first-order valence-electron chi connectivity index (χ1n) is 5.04. The van der Waals surface area contributed by atoms with Gasteiger partial charge in [-0.25, -0.2) is 0 Å². The highest BCUT2D eigenvalue weighted by Crippen LogP contribution is 2.16. The molecule has 15 heavy (non-hydrogen) atoms. The topological polar surface area (TPSA) is 40.5 Å². The monoisotopic (exact) mass is 207 g/mol. The average Bonchev–Trinajstić information content (AvgIpc) is 2.16. The summed E-state index contributed by atoms with van der Waals surface area (Å²) in [4.78, 5) is 11.4. The number of hydrogen-bond donors (Lipinski definition) is 1. The number of hydrogen-bond acceptors (Lipinski definition) is 2. The van der Waals surface area contributed by atoms with Crippen molar-refractivity contribution in [2.75, 3.05) is 13.6 Å². The number of carboxylic acid groups (broad SMARTS) is 1. The maximum atomic E-state index is 9.00. The number of likely N-dealkylation sites (N-methyl/N-ethyl adjacent to an activating group) is 1. The minimum atomic E-state index is -0.833. The summed E-state index contributed by atoms with van der Waals surface area (Å²) in [7, 11) is 2.18. The quantitative estimate of drug-likeness (QED) is 0.704. The van der Waals surface area contributed by atoms with Gasteiger partial charge in [-0.15, -0.1) is 0 Å². The van der Waals surface area contributed by atoms with Crippen molar-refractivity contribution in [3.05, 3.63) is 35.4 Å². The summed E-state index contributed by atoms with van der Waals surface area (Å²) in [5.74, 6) is -0.833. The Morgan fingerprint density at radius 1 is 1.33 bits per heavy atom. The van der Waals surface area contributed by atoms with Crippen molar-refractivity contribution in [3.8, 4) is 0 Å². The van der Waals surface area contributed by atoms with E-state index in [4.69, 9.17) is 9.90 Å². The second kappa shape index (κ2) is 5.51. The molecular weight excluding hydrogens is 190 g/mol. The molecule has 1 N–H and O–H groups in total. The van der Waals surface area contributed by atoms with Gasteiger partial charge in [-0.3, -0.25) is 4.79 Å². The Balaban J connectivity index is 0.000000245. The van der Waals surface area contributed by atoms with E-state index in [1.54, 1.807) is 0 Å². The first-order valence-corrected chi connectivity index (χ1v) is 5.04. The van der Waals surface area contributed by atoms with Crippen molar-refractivity contribution in [3.63, 3.8) is 0 Å². The lowest BCUT2D eigenvalue weighted by Crippen LogP contribution is -2.26. The van der Waals surface area contributed by atoms with Crippen LogP contribution in [0.25, 0.3) is 0 Å². The second-order valence-electron chi connectivity index (χ2n) is 3.78. The van der Waals surface area contributed by atoms with Crippen molar-refractivity contribution >= 4 is 5.97 Å². The minimum absolute atomic E-state index is 0.833. The van der Waals surface area contributed by atoms with E-state index in [1.165, 1.54) is 24.1 Å². The summed E-state index contributed by atoms with van der Waals surface area (Å²) in [6, 6.07) is 8.72. The highest BCUT2D eigenvalue weighted by atomic mass is 16.4. The van der Waals surface area contributed by atoms with Crippen LogP contribution in [-0.2, 0) is 17.8 Å². The Kier molecular flexibility index (Phi) is 4.31. The molecule has 0 radical (unpaired) electrons. The summed E-state index contributed by atoms with van der Waals surface area (Å²) in [6.45, 7) is 3.41. The summed E-state index contributed by atoms with van der Waals surface area (Å²) in [5.41, 5.74) is 3.03. The lowest BCUT2D eigenvalue weighted by atomic mass is 10.0. The van der Waals surface area contributed by atoms with Gasteiger partial charge in [0, 0.05) is 20.0 Å². The van der Waals surface area contributed by atoms with E-state index >= 15 is 0 Å². The normalized spacial score (nSPS) is 14.8. The van der Waals surface area contributed by atoms with Gasteiger partial charge >= 0.3 is 0 Å². The Morgan fingerprint density at radius 2 is 1.87 bits per heavy atom. The SMILES string of the molecule is CC(=O)O.CN1CCc2ccccc2C1. The van der Waals surface area contributed by atoms with Gasteiger partial charge in [0.05, 0.1) is 0 Å². The third-order valence-corrected chi connectivity index (χ3v) is 2.32. The molecule has 0 atom stereocenters. The number of carboxylic acids is 1. The first-order chi connectivity index (χ1) is 7.09. The molecule has 82 valence electrons. The summed E-state index contributed by atoms with van der Waals surface area (Å²) in [6.07, 6.45) is 1.21. The molecule has 3 nitrogen and oxygen atoms in total. The summed E-state index contributed by atoms with van der Waals surface area (Å²) < 4.78 is 0. The van der Waals surface area contributed by atoms with Gasteiger partial charge in [0.2, 0.25) is 0 Å². The van der Waals surface area contributed by atoms with Crippen LogP contribution in [0.4, 0.5) is 0 Å². The van der Waals surface area contributed by atoms with Gasteiger partial charge in [0.1, 0.15) is 0 Å². The molecular formula is C12H17NO2. The number of carbonyl (C=O) groups is 1. The van der Waals surface area contributed by atoms with Crippen molar-refractivity contribution in [1.82, 2.24) is 4.90 Å². The van der Waals surface area contributed by atoms with Crippen LogP contribution in [-0.4, -0.2) is 29.6 Å². The second-order valence-corrected chi connectivity index (χ2v) is 3.78. The fourth-order valence-corrected chi connectivity index (χ4v) is 1.64. The molecule has 0 bridgehead atoms. The van der Waals surface area contributed by atoms with Gasteiger partial charge in [-0.1, -0.05) is 24.3 Å². The van der Waals surface area contributed by atoms with Crippen molar-refractivity contribution in [2.45, 2.75) is 19.9 Å². The third-order valence-electron chi connectivity index (χ3n) is 2.32. The van der Waals surface area contributed by atoms with Crippen LogP contribution in [0.1, 0.15) is 18.1 Å². The van der Waals surface area contributed by atoms with Crippen LogP contribution in [0.3, 0.4) is 0 Å². The molecule has 3 heteroatoms. The highest BCUT2D eigenvalue weighted by Gasteiger charge is 2.10. The van der Waals surface area contributed by atoms with Gasteiger partial charge < -0.3 is 10.0 Å². The van der Waals surface area contributed by atoms with Crippen LogP contribution in [0, 0.1) is 0 Å². The minimum Gasteiger partial charge on any atom is -0.481 e. The Morgan fingerprint density at radius 3 is 2.47 bits per heavy atom. The standard InChI is InChI=1S/C10H13N.C2H4O2/c1-11-7-6-9-4-2-3-5-10(9)8-11;1-2(3)4/h2-5H,6-8H2,1H3;1H3,(H,3,4). The molecule has 0 aromatic heterocycles. The largest absolute Gasteiger partial charge is 0.481 e. The number of fused-ring (bicyclic) bond motifs is 1. The zero-order valence-corrected chi connectivity index (χ0v) is 9.23. The van der Waals surface area contributed by atoms with E-state index < -0.39 is 5.97 Å². The first kappa shape index (κ1) is 11.7. The number of nitrogens with zero attached hydrogens (tertiary/aromatic N) is 1. The summed E-state index contributed by atoms with van der Waals surface area (Å²) >= 11 is 0. The predicted octanol–water partition coefficient (Wildman–Crippen LogP) is 1.77. The average molecular weight is 207 g/mol. The van der Waals surface area contributed by atoms with Gasteiger partial charge in [-0.05, 0) is 24.6 Å². The maximum Gasteiger partial charge on any atom is 0.300 e. The Hall–Kier alpha value is -1.35. The fourth-order valence-electron chi connectivity index (χ4n) is 1.64.